The van der Waals surface area contributed by atoms with Gasteiger partial charge >= 0.3 is 0 Å². The molecule has 0 N–H and O–H groups in total. The van der Waals surface area contributed by atoms with E-state index in [2.05, 4.69) is 4.98 Å². The first-order valence-electron chi connectivity index (χ1n) is 7.29. The van der Waals surface area contributed by atoms with Crippen LogP contribution in [0.5, 0.6) is 0 Å². The van der Waals surface area contributed by atoms with Gasteiger partial charge in [-0.05, 0) is 42.3 Å². The first-order chi connectivity index (χ1) is 11.1. The Kier molecular flexibility index (Phi) is 3.27. The lowest BCUT2D eigenvalue weighted by molar-refractivity contribution is 0.625. The highest BCUT2D eigenvalue weighted by molar-refractivity contribution is 6.31. The van der Waals surface area contributed by atoms with Gasteiger partial charge in [0, 0.05) is 17.1 Å². The lowest BCUT2D eigenvalue weighted by Gasteiger charge is -2.06. The van der Waals surface area contributed by atoms with Crippen molar-refractivity contribution in [2.75, 3.05) is 0 Å². The van der Waals surface area contributed by atoms with E-state index < -0.39 is 0 Å². The Morgan fingerprint density at radius 3 is 2.87 bits per heavy atom. The Hall–Kier alpha value is -2.46. The van der Waals surface area contributed by atoms with E-state index in [4.69, 9.17) is 11.6 Å². The first kappa shape index (κ1) is 14.2. The summed E-state index contributed by atoms with van der Waals surface area (Å²) in [7, 11) is 0. The molecule has 23 heavy (non-hydrogen) atoms. The van der Waals surface area contributed by atoms with Crippen LogP contribution in [0.15, 0.2) is 47.3 Å². The second-order valence-electron chi connectivity index (χ2n) is 5.49. The fourth-order valence-corrected chi connectivity index (χ4v) is 3.07. The molecule has 0 amide bonds. The Bertz CT molecular complexity index is 1020. The van der Waals surface area contributed by atoms with Gasteiger partial charge in [-0.1, -0.05) is 29.8 Å². The van der Waals surface area contributed by atoms with Gasteiger partial charge in [-0.25, -0.2) is 9.37 Å². The Morgan fingerprint density at radius 2 is 2.04 bits per heavy atom. The van der Waals surface area contributed by atoms with Crippen molar-refractivity contribution in [3.05, 3.63) is 75.0 Å². The van der Waals surface area contributed by atoms with E-state index in [1.807, 2.05) is 0 Å². The molecule has 0 saturated heterocycles. The molecule has 2 aromatic carbocycles. The molecule has 114 valence electrons. The molecule has 1 aliphatic heterocycles. The molecule has 0 fully saturated rings. The molecule has 5 heteroatoms. The standard InChI is InChI=1S/C18H12ClFN2O/c19-13-5-6-14-16(10-13)21-17-12(7-8-22(17)18(14)23)9-11-3-1-2-4-15(11)20/h1-6,9-10H,7-8H2/b12-9+. The van der Waals surface area contributed by atoms with Gasteiger partial charge in [0.2, 0.25) is 0 Å². The van der Waals surface area contributed by atoms with Crippen LogP contribution in [0.25, 0.3) is 22.6 Å². The highest BCUT2D eigenvalue weighted by atomic mass is 35.5. The lowest BCUT2D eigenvalue weighted by Crippen LogP contribution is -2.20. The minimum Gasteiger partial charge on any atom is -0.292 e. The molecule has 0 atom stereocenters. The monoisotopic (exact) mass is 326 g/mol. The van der Waals surface area contributed by atoms with Crippen molar-refractivity contribution in [2.24, 2.45) is 0 Å². The molecule has 0 bridgehead atoms. The van der Waals surface area contributed by atoms with E-state index in [9.17, 15) is 9.18 Å². The average Bonchev–Trinajstić information content (AvgIpc) is 2.93. The number of halogens is 2. The third-order valence-corrected chi connectivity index (χ3v) is 4.28. The van der Waals surface area contributed by atoms with Crippen molar-refractivity contribution >= 4 is 34.2 Å². The van der Waals surface area contributed by atoms with Crippen LogP contribution in [0, 0.1) is 5.82 Å². The molecule has 0 saturated carbocycles. The van der Waals surface area contributed by atoms with Gasteiger partial charge in [0.25, 0.3) is 5.56 Å². The average molecular weight is 327 g/mol. The summed E-state index contributed by atoms with van der Waals surface area (Å²) < 4.78 is 15.5. The topological polar surface area (TPSA) is 34.9 Å². The molecule has 3 aromatic rings. The van der Waals surface area contributed by atoms with E-state index in [0.717, 1.165) is 5.57 Å². The smallest absolute Gasteiger partial charge is 0.261 e. The molecule has 3 nitrogen and oxygen atoms in total. The van der Waals surface area contributed by atoms with Gasteiger partial charge < -0.3 is 0 Å². The van der Waals surface area contributed by atoms with Crippen LogP contribution < -0.4 is 5.56 Å². The lowest BCUT2D eigenvalue weighted by atomic mass is 10.1. The second-order valence-corrected chi connectivity index (χ2v) is 5.93. The fraction of sp³-hybridized carbons (Fsp3) is 0.111. The van der Waals surface area contributed by atoms with Gasteiger partial charge in [0.05, 0.1) is 10.9 Å². The number of aromatic nitrogens is 2. The summed E-state index contributed by atoms with van der Waals surface area (Å²) in [5.41, 5.74) is 1.83. The summed E-state index contributed by atoms with van der Waals surface area (Å²) in [4.78, 5) is 17.1. The maximum absolute atomic E-state index is 13.9. The van der Waals surface area contributed by atoms with Crippen LogP contribution in [0.3, 0.4) is 0 Å². The summed E-state index contributed by atoms with van der Waals surface area (Å²) in [6.45, 7) is 0.556. The number of allylic oxidation sites excluding steroid dienone is 1. The van der Waals surface area contributed by atoms with Gasteiger partial charge in [-0.2, -0.15) is 0 Å². The summed E-state index contributed by atoms with van der Waals surface area (Å²) in [6, 6.07) is 11.6. The molecular weight excluding hydrogens is 315 g/mol. The van der Waals surface area contributed by atoms with Crippen LogP contribution in [0.2, 0.25) is 5.02 Å². The molecule has 0 unspecified atom stereocenters. The van der Waals surface area contributed by atoms with Crippen LogP contribution in [-0.4, -0.2) is 9.55 Å². The third-order valence-electron chi connectivity index (χ3n) is 4.04. The van der Waals surface area contributed by atoms with E-state index in [1.54, 1.807) is 47.0 Å². The molecule has 0 aliphatic carbocycles. The second kappa shape index (κ2) is 5.32. The van der Waals surface area contributed by atoms with Crippen molar-refractivity contribution in [3.63, 3.8) is 0 Å². The van der Waals surface area contributed by atoms with Crippen LogP contribution >= 0.6 is 11.6 Å². The van der Waals surface area contributed by atoms with Gasteiger partial charge in [-0.3, -0.25) is 9.36 Å². The predicted octanol–water partition coefficient (Wildman–Crippen LogP) is 4.13. The Morgan fingerprint density at radius 1 is 1.22 bits per heavy atom. The van der Waals surface area contributed by atoms with Gasteiger partial charge in [0.1, 0.15) is 11.6 Å². The van der Waals surface area contributed by atoms with E-state index in [1.165, 1.54) is 6.07 Å². The largest absolute Gasteiger partial charge is 0.292 e. The Balaban J connectivity index is 1.93. The van der Waals surface area contributed by atoms with Crippen molar-refractivity contribution < 1.29 is 4.39 Å². The summed E-state index contributed by atoms with van der Waals surface area (Å²) in [5, 5.41) is 1.08. The number of fused-ring (bicyclic) bond motifs is 2. The Labute approximate surface area is 136 Å². The molecule has 2 heterocycles. The van der Waals surface area contributed by atoms with Crippen molar-refractivity contribution in [1.29, 1.82) is 0 Å². The van der Waals surface area contributed by atoms with Crippen molar-refractivity contribution in [3.8, 4) is 0 Å². The van der Waals surface area contributed by atoms with Crippen LogP contribution in [0.1, 0.15) is 17.8 Å². The minimum absolute atomic E-state index is 0.0846. The molecule has 0 radical (unpaired) electrons. The van der Waals surface area contributed by atoms with Crippen LogP contribution in [-0.2, 0) is 6.54 Å². The SMILES string of the molecule is O=c1c2ccc(Cl)cc2nc2n1CC/C2=C\c1ccccc1F. The number of nitrogens with zero attached hydrogens (tertiary/aromatic N) is 2. The highest BCUT2D eigenvalue weighted by Gasteiger charge is 2.21. The predicted molar refractivity (Wildman–Crippen MR) is 89.9 cm³/mol. The van der Waals surface area contributed by atoms with Gasteiger partial charge in [-0.15, -0.1) is 0 Å². The summed E-state index contributed by atoms with van der Waals surface area (Å²) in [5.74, 6) is 0.303. The van der Waals surface area contributed by atoms with Crippen molar-refractivity contribution in [1.82, 2.24) is 9.55 Å². The number of rotatable bonds is 1. The third kappa shape index (κ3) is 2.35. The molecule has 1 aliphatic rings. The zero-order valence-electron chi connectivity index (χ0n) is 12.1. The van der Waals surface area contributed by atoms with E-state index >= 15 is 0 Å². The zero-order valence-corrected chi connectivity index (χ0v) is 12.8. The molecule has 1 aromatic heterocycles. The maximum Gasteiger partial charge on any atom is 0.261 e. The van der Waals surface area contributed by atoms with Crippen molar-refractivity contribution in [2.45, 2.75) is 13.0 Å². The highest BCUT2D eigenvalue weighted by Crippen LogP contribution is 2.28. The quantitative estimate of drug-likeness (QED) is 0.674. The molecule has 4 rings (SSSR count). The summed E-state index contributed by atoms with van der Waals surface area (Å²) in [6.07, 6.45) is 2.41. The molecule has 0 spiro atoms. The first-order valence-corrected chi connectivity index (χ1v) is 7.67. The van der Waals surface area contributed by atoms with Crippen LogP contribution in [0.4, 0.5) is 4.39 Å². The maximum atomic E-state index is 13.9. The summed E-state index contributed by atoms with van der Waals surface area (Å²) >= 11 is 6.00. The zero-order chi connectivity index (χ0) is 16.0. The van der Waals surface area contributed by atoms with E-state index in [-0.39, 0.29) is 11.4 Å². The van der Waals surface area contributed by atoms with E-state index in [0.29, 0.717) is 40.3 Å². The fourth-order valence-electron chi connectivity index (χ4n) is 2.91. The number of hydrogen-bond donors (Lipinski definition) is 0. The minimum atomic E-state index is -0.287. The number of hydrogen-bond acceptors (Lipinski definition) is 2. The normalized spacial score (nSPS) is 15.3. The van der Waals surface area contributed by atoms with Gasteiger partial charge in [0.15, 0.2) is 0 Å². The molecular formula is C18H12ClFN2O. The number of benzene rings is 2.